The smallest absolute Gasteiger partial charge is 0.191 e. The molecule has 3 aromatic rings. The molecule has 0 amide bonds. The zero-order valence-electron chi connectivity index (χ0n) is 18.8. The molecule has 1 atom stereocenters. The fraction of sp³-hybridized carbons (Fsp3) is 0.333. The number of methoxy groups -OCH3 is 1. The van der Waals surface area contributed by atoms with Crippen molar-refractivity contribution in [1.29, 1.82) is 0 Å². The average molecular weight is 549 g/mol. The molecular weight excluding hydrogens is 517 g/mol. The first-order valence-corrected chi connectivity index (χ1v) is 10.5. The molecule has 3 rings (SSSR count). The molecule has 1 unspecified atom stereocenters. The second kappa shape index (κ2) is 13.6. The number of rotatable bonds is 10. The van der Waals surface area contributed by atoms with Crippen LogP contribution in [0.25, 0.3) is 0 Å². The molecular formula is C24H32IN5O2. The van der Waals surface area contributed by atoms with Crippen LogP contribution in [0.4, 0.5) is 0 Å². The summed E-state index contributed by atoms with van der Waals surface area (Å²) < 4.78 is 13.4. The molecule has 0 saturated heterocycles. The Kier molecular flexibility index (Phi) is 10.9. The van der Waals surface area contributed by atoms with Crippen LogP contribution >= 0.6 is 24.0 Å². The van der Waals surface area contributed by atoms with Crippen molar-refractivity contribution in [2.24, 2.45) is 4.99 Å². The number of aromatic nitrogens is 2. The number of para-hydroxylation sites is 2. The van der Waals surface area contributed by atoms with Crippen molar-refractivity contribution >= 4 is 29.9 Å². The van der Waals surface area contributed by atoms with E-state index < -0.39 is 0 Å². The van der Waals surface area contributed by atoms with Gasteiger partial charge in [-0.3, -0.25) is 0 Å². The minimum absolute atomic E-state index is 0. The van der Waals surface area contributed by atoms with Crippen LogP contribution in [0.1, 0.15) is 25.0 Å². The number of ether oxygens (including phenoxy) is 2. The quantitative estimate of drug-likeness (QED) is 0.227. The van der Waals surface area contributed by atoms with Crippen molar-refractivity contribution in [2.45, 2.75) is 33.0 Å². The lowest BCUT2D eigenvalue weighted by molar-refractivity contribution is 0.213. The zero-order valence-corrected chi connectivity index (χ0v) is 21.2. The molecule has 172 valence electrons. The Bertz CT molecular complexity index is 945. The Hall–Kier alpha value is -2.75. The number of hydrogen-bond donors (Lipinski definition) is 2. The van der Waals surface area contributed by atoms with Gasteiger partial charge >= 0.3 is 0 Å². The van der Waals surface area contributed by atoms with Crippen LogP contribution in [0.15, 0.2) is 72.2 Å². The van der Waals surface area contributed by atoms with E-state index in [0.717, 1.165) is 36.1 Å². The van der Waals surface area contributed by atoms with Gasteiger partial charge < -0.3 is 24.7 Å². The highest BCUT2D eigenvalue weighted by molar-refractivity contribution is 14.0. The van der Waals surface area contributed by atoms with Crippen LogP contribution in [-0.4, -0.2) is 41.8 Å². The number of benzene rings is 2. The number of hydrogen-bond acceptors (Lipinski definition) is 4. The summed E-state index contributed by atoms with van der Waals surface area (Å²) in [5, 5.41) is 6.64. The third-order valence-electron chi connectivity index (χ3n) is 4.67. The van der Waals surface area contributed by atoms with E-state index >= 15 is 0 Å². The van der Waals surface area contributed by atoms with Crippen LogP contribution in [0, 0.1) is 0 Å². The fourth-order valence-corrected chi connectivity index (χ4v) is 3.07. The van der Waals surface area contributed by atoms with E-state index in [0.29, 0.717) is 13.1 Å². The average Bonchev–Trinajstić information content (AvgIpc) is 3.30. The lowest BCUT2D eigenvalue weighted by Gasteiger charge is -2.19. The normalized spacial score (nSPS) is 11.9. The summed E-state index contributed by atoms with van der Waals surface area (Å²) in [5.41, 5.74) is 2.39. The summed E-state index contributed by atoms with van der Waals surface area (Å²) in [6.07, 6.45) is 5.53. The summed E-state index contributed by atoms with van der Waals surface area (Å²) in [5.74, 6) is 2.23. The van der Waals surface area contributed by atoms with Gasteiger partial charge in [0.1, 0.15) is 6.10 Å². The molecule has 8 heteroatoms. The van der Waals surface area contributed by atoms with E-state index in [1.807, 2.05) is 43.7 Å². The van der Waals surface area contributed by atoms with Crippen molar-refractivity contribution in [3.05, 3.63) is 78.4 Å². The largest absolute Gasteiger partial charge is 0.493 e. The van der Waals surface area contributed by atoms with Crippen molar-refractivity contribution in [1.82, 2.24) is 20.2 Å². The minimum Gasteiger partial charge on any atom is -0.493 e. The van der Waals surface area contributed by atoms with E-state index in [1.165, 1.54) is 5.56 Å². The predicted molar refractivity (Wildman–Crippen MR) is 139 cm³/mol. The van der Waals surface area contributed by atoms with Gasteiger partial charge in [0, 0.05) is 25.5 Å². The highest BCUT2D eigenvalue weighted by atomic mass is 127. The molecule has 32 heavy (non-hydrogen) atoms. The maximum absolute atomic E-state index is 6.01. The van der Waals surface area contributed by atoms with Crippen molar-refractivity contribution in [3.8, 4) is 11.5 Å². The maximum atomic E-state index is 6.01. The Morgan fingerprint density at radius 3 is 2.44 bits per heavy atom. The number of nitrogens with one attached hydrogen (secondary N) is 2. The third kappa shape index (κ3) is 8.07. The first-order valence-electron chi connectivity index (χ1n) is 10.5. The Balaban J connectivity index is 0.00000363. The molecule has 0 saturated carbocycles. The van der Waals surface area contributed by atoms with Gasteiger partial charge in [-0.25, -0.2) is 9.98 Å². The van der Waals surface area contributed by atoms with Gasteiger partial charge in [-0.05, 0) is 37.1 Å². The molecule has 2 aromatic carbocycles. The highest BCUT2D eigenvalue weighted by Crippen LogP contribution is 2.26. The number of aliphatic imine (C=N–C) groups is 1. The third-order valence-corrected chi connectivity index (χ3v) is 4.67. The monoisotopic (exact) mass is 549 g/mol. The number of halogens is 1. The van der Waals surface area contributed by atoms with Crippen molar-refractivity contribution in [2.75, 3.05) is 20.2 Å². The van der Waals surface area contributed by atoms with Crippen LogP contribution in [0.2, 0.25) is 0 Å². The lowest BCUT2D eigenvalue weighted by atomic mass is 10.1. The van der Waals surface area contributed by atoms with Gasteiger partial charge in [-0.1, -0.05) is 36.4 Å². The van der Waals surface area contributed by atoms with E-state index in [-0.39, 0.29) is 30.1 Å². The van der Waals surface area contributed by atoms with E-state index in [2.05, 4.69) is 51.4 Å². The molecule has 2 N–H and O–H groups in total. The van der Waals surface area contributed by atoms with Gasteiger partial charge in [0.05, 0.1) is 26.5 Å². The van der Waals surface area contributed by atoms with Gasteiger partial charge in [0.25, 0.3) is 0 Å². The molecule has 7 nitrogen and oxygen atoms in total. The van der Waals surface area contributed by atoms with Crippen LogP contribution in [0.5, 0.6) is 11.5 Å². The summed E-state index contributed by atoms with van der Waals surface area (Å²) >= 11 is 0. The zero-order chi connectivity index (χ0) is 21.9. The minimum atomic E-state index is -0.0531. The molecule has 0 radical (unpaired) electrons. The molecule has 1 aromatic heterocycles. The van der Waals surface area contributed by atoms with E-state index in [4.69, 9.17) is 14.5 Å². The standard InChI is InChI=1S/C24H31N5O2.HI/c1-4-26-24(27-15-19(2)31-23-8-6-5-7-22(23)30-3)28-16-20-9-11-21(12-10-20)17-29-14-13-25-18-29;/h5-14,18-19H,4,15-17H2,1-3H3,(H2,26,27,28);1H. The maximum Gasteiger partial charge on any atom is 0.191 e. The molecule has 0 aliphatic heterocycles. The Morgan fingerprint density at radius 1 is 1.06 bits per heavy atom. The van der Waals surface area contributed by atoms with E-state index in [9.17, 15) is 0 Å². The summed E-state index contributed by atoms with van der Waals surface area (Å²) in [7, 11) is 1.64. The lowest BCUT2D eigenvalue weighted by Crippen LogP contribution is -2.41. The van der Waals surface area contributed by atoms with Crippen molar-refractivity contribution < 1.29 is 9.47 Å². The highest BCUT2D eigenvalue weighted by Gasteiger charge is 2.09. The summed E-state index contributed by atoms with van der Waals surface area (Å²) in [6, 6.07) is 16.2. The first-order chi connectivity index (χ1) is 15.2. The predicted octanol–water partition coefficient (Wildman–Crippen LogP) is 4.08. The SMILES string of the molecule is CCNC(=NCc1ccc(Cn2ccnc2)cc1)NCC(C)Oc1ccccc1OC.I. The van der Waals surface area contributed by atoms with E-state index in [1.54, 1.807) is 13.3 Å². The number of imidazole rings is 1. The van der Waals surface area contributed by atoms with Gasteiger partial charge in [-0.2, -0.15) is 0 Å². The summed E-state index contributed by atoms with van der Waals surface area (Å²) in [6.45, 7) is 6.89. The second-order valence-electron chi connectivity index (χ2n) is 7.21. The van der Waals surface area contributed by atoms with Gasteiger partial charge in [-0.15, -0.1) is 24.0 Å². The molecule has 0 spiro atoms. The molecule has 0 bridgehead atoms. The molecule has 0 fully saturated rings. The van der Waals surface area contributed by atoms with Gasteiger partial charge in [0.15, 0.2) is 17.5 Å². The summed E-state index contributed by atoms with van der Waals surface area (Å²) in [4.78, 5) is 8.78. The van der Waals surface area contributed by atoms with Crippen LogP contribution in [0.3, 0.4) is 0 Å². The number of nitrogens with zero attached hydrogens (tertiary/aromatic N) is 3. The van der Waals surface area contributed by atoms with Crippen LogP contribution < -0.4 is 20.1 Å². The number of guanidine groups is 1. The molecule has 0 aliphatic carbocycles. The Labute approximate surface area is 207 Å². The van der Waals surface area contributed by atoms with Gasteiger partial charge in [0.2, 0.25) is 0 Å². The second-order valence-corrected chi connectivity index (χ2v) is 7.21. The Morgan fingerprint density at radius 2 is 1.78 bits per heavy atom. The van der Waals surface area contributed by atoms with Crippen LogP contribution in [-0.2, 0) is 13.1 Å². The topological polar surface area (TPSA) is 72.7 Å². The molecule has 0 aliphatic rings. The molecule has 1 heterocycles. The fourth-order valence-electron chi connectivity index (χ4n) is 3.07. The van der Waals surface area contributed by atoms with Crippen molar-refractivity contribution in [3.63, 3.8) is 0 Å². The first kappa shape index (κ1) is 25.5.